The summed E-state index contributed by atoms with van der Waals surface area (Å²) in [5, 5.41) is 0.628. The third-order valence-electron chi connectivity index (χ3n) is 4.30. The van der Waals surface area contributed by atoms with Gasteiger partial charge in [-0.3, -0.25) is 4.79 Å². The van der Waals surface area contributed by atoms with Crippen molar-refractivity contribution in [2.24, 2.45) is 5.92 Å². The summed E-state index contributed by atoms with van der Waals surface area (Å²) in [6.45, 7) is 5.43. The molecule has 2 aliphatic rings. The number of likely N-dealkylation sites (tertiary alicyclic amines) is 1. The molecule has 1 aromatic rings. The van der Waals surface area contributed by atoms with Gasteiger partial charge in [0, 0.05) is 23.2 Å². The topological polar surface area (TPSA) is 29.5 Å². The number of ether oxygens (including phenoxy) is 1. The van der Waals surface area contributed by atoms with Gasteiger partial charge in [-0.25, -0.2) is 0 Å². The third kappa shape index (κ3) is 3.61. The molecule has 0 bridgehead atoms. The van der Waals surface area contributed by atoms with E-state index in [0.717, 1.165) is 38.9 Å². The molecule has 21 heavy (non-hydrogen) atoms. The molecule has 3 nitrogen and oxygen atoms in total. The molecule has 2 heterocycles. The number of hydrogen-bond donors (Lipinski definition) is 0. The molecule has 2 aliphatic heterocycles. The van der Waals surface area contributed by atoms with Gasteiger partial charge in [-0.15, -0.1) is 11.8 Å². The number of esters is 1. The van der Waals surface area contributed by atoms with Crippen LogP contribution in [0.25, 0.3) is 0 Å². The van der Waals surface area contributed by atoms with Crippen LogP contribution in [-0.2, 0) is 16.0 Å². The summed E-state index contributed by atoms with van der Waals surface area (Å²) in [5.41, 5.74) is 1.48. The van der Waals surface area contributed by atoms with Crippen molar-refractivity contribution in [3.05, 3.63) is 29.8 Å². The molecule has 0 radical (unpaired) electrons. The molecule has 0 N–H and O–H groups in total. The number of hydrogen-bond acceptors (Lipinski definition) is 4. The summed E-state index contributed by atoms with van der Waals surface area (Å²) >= 11 is 1.99. The average molecular weight is 305 g/mol. The number of carbonyl (C=O) groups is 1. The van der Waals surface area contributed by atoms with E-state index >= 15 is 0 Å². The predicted molar refractivity (Wildman–Crippen MR) is 85.6 cm³/mol. The summed E-state index contributed by atoms with van der Waals surface area (Å²) in [4.78, 5) is 15.8. The second kappa shape index (κ2) is 6.84. The van der Waals surface area contributed by atoms with Gasteiger partial charge >= 0.3 is 5.97 Å². The molecule has 0 spiro atoms. The van der Waals surface area contributed by atoms with Crippen molar-refractivity contribution in [1.82, 2.24) is 4.90 Å². The lowest BCUT2D eigenvalue weighted by Gasteiger charge is -2.32. The largest absolute Gasteiger partial charge is 0.466 e. The quantitative estimate of drug-likeness (QED) is 0.800. The number of benzene rings is 1. The monoisotopic (exact) mass is 305 g/mol. The average Bonchev–Trinajstić information content (AvgIpc) is 2.90. The maximum atomic E-state index is 11.9. The predicted octanol–water partition coefficient (Wildman–Crippen LogP) is 2.98. The van der Waals surface area contributed by atoms with E-state index in [0.29, 0.717) is 11.9 Å². The molecule has 1 aromatic carbocycles. The van der Waals surface area contributed by atoms with Crippen LogP contribution >= 0.6 is 11.8 Å². The molecule has 0 saturated carbocycles. The molecule has 1 saturated heterocycles. The van der Waals surface area contributed by atoms with E-state index in [1.165, 1.54) is 10.5 Å². The Morgan fingerprint density at radius 3 is 3.10 bits per heavy atom. The lowest BCUT2D eigenvalue weighted by molar-refractivity contribution is -0.149. The standard InChI is InChI=1S/C17H23NO2S/c1-2-20-17(19)14-7-5-9-18(11-14)12-15-10-13-6-3-4-8-16(13)21-15/h3-4,6,8,14-15H,2,5,7,9-12H2,1H3. The minimum atomic E-state index is -0.00967. The van der Waals surface area contributed by atoms with Gasteiger partial charge in [0.1, 0.15) is 0 Å². The zero-order valence-electron chi connectivity index (χ0n) is 12.6. The van der Waals surface area contributed by atoms with E-state index in [1.807, 2.05) is 18.7 Å². The van der Waals surface area contributed by atoms with Crippen molar-refractivity contribution in [2.75, 3.05) is 26.2 Å². The first-order valence-corrected chi connectivity index (χ1v) is 8.77. The minimum Gasteiger partial charge on any atom is -0.466 e. The molecule has 2 unspecified atom stereocenters. The van der Waals surface area contributed by atoms with Crippen molar-refractivity contribution in [3.63, 3.8) is 0 Å². The van der Waals surface area contributed by atoms with Crippen LogP contribution in [0.5, 0.6) is 0 Å². The molecule has 114 valence electrons. The number of rotatable bonds is 4. The van der Waals surface area contributed by atoms with Crippen LogP contribution in [0.2, 0.25) is 0 Å². The van der Waals surface area contributed by atoms with Gasteiger partial charge in [0.25, 0.3) is 0 Å². The van der Waals surface area contributed by atoms with Crippen LogP contribution in [0.15, 0.2) is 29.2 Å². The zero-order chi connectivity index (χ0) is 14.7. The van der Waals surface area contributed by atoms with Crippen LogP contribution < -0.4 is 0 Å². The Morgan fingerprint density at radius 1 is 1.43 bits per heavy atom. The molecular weight excluding hydrogens is 282 g/mol. The number of thioether (sulfide) groups is 1. The lowest BCUT2D eigenvalue weighted by Crippen LogP contribution is -2.42. The van der Waals surface area contributed by atoms with E-state index in [1.54, 1.807) is 0 Å². The fourth-order valence-corrected chi connectivity index (χ4v) is 4.68. The van der Waals surface area contributed by atoms with Crippen molar-refractivity contribution in [3.8, 4) is 0 Å². The van der Waals surface area contributed by atoms with Gasteiger partial charge in [0.2, 0.25) is 0 Å². The molecule has 0 amide bonds. The maximum Gasteiger partial charge on any atom is 0.310 e. The van der Waals surface area contributed by atoms with Crippen LogP contribution in [-0.4, -0.2) is 42.4 Å². The van der Waals surface area contributed by atoms with Crippen molar-refractivity contribution >= 4 is 17.7 Å². The Morgan fingerprint density at radius 2 is 2.29 bits per heavy atom. The van der Waals surface area contributed by atoms with E-state index < -0.39 is 0 Å². The molecule has 2 atom stereocenters. The third-order valence-corrected chi connectivity index (χ3v) is 5.60. The van der Waals surface area contributed by atoms with Crippen molar-refractivity contribution in [1.29, 1.82) is 0 Å². The summed E-state index contributed by atoms with van der Waals surface area (Å²) in [5.74, 6) is 0.0667. The van der Waals surface area contributed by atoms with Crippen LogP contribution in [0, 0.1) is 5.92 Å². The Labute approximate surface area is 131 Å². The van der Waals surface area contributed by atoms with Gasteiger partial charge in [-0.2, -0.15) is 0 Å². The first-order chi connectivity index (χ1) is 10.3. The van der Waals surface area contributed by atoms with Crippen LogP contribution in [0.1, 0.15) is 25.3 Å². The summed E-state index contributed by atoms with van der Waals surface area (Å²) < 4.78 is 5.18. The summed E-state index contributed by atoms with van der Waals surface area (Å²) in [6.07, 6.45) is 3.24. The van der Waals surface area contributed by atoms with Crippen LogP contribution in [0.4, 0.5) is 0 Å². The smallest absolute Gasteiger partial charge is 0.310 e. The lowest BCUT2D eigenvalue weighted by atomic mass is 9.98. The molecule has 0 aliphatic carbocycles. The Kier molecular flexibility index (Phi) is 4.86. The molecule has 3 rings (SSSR count). The van der Waals surface area contributed by atoms with Gasteiger partial charge in [-0.05, 0) is 44.4 Å². The van der Waals surface area contributed by atoms with Crippen molar-refractivity contribution in [2.45, 2.75) is 36.3 Å². The van der Waals surface area contributed by atoms with Gasteiger partial charge in [-0.1, -0.05) is 18.2 Å². The van der Waals surface area contributed by atoms with Gasteiger partial charge < -0.3 is 9.64 Å². The minimum absolute atomic E-state index is 0.00967. The second-order valence-corrected chi connectivity index (χ2v) is 7.24. The fourth-order valence-electron chi connectivity index (χ4n) is 3.32. The van der Waals surface area contributed by atoms with Crippen LogP contribution in [0.3, 0.4) is 0 Å². The van der Waals surface area contributed by atoms with Gasteiger partial charge in [0.15, 0.2) is 0 Å². The molecule has 4 heteroatoms. The molecule has 0 aromatic heterocycles. The highest BCUT2D eigenvalue weighted by Crippen LogP contribution is 2.37. The highest BCUT2D eigenvalue weighted by Gasteiger charge is 2.30. The van der Waals surface area contributed by atoms with E-state index in [9.17, 15) is 4.79 Å². The highest BCUT2D eigenvalue weighted by atomic mass is 32.2. The number of carbonyl (C=O) groups excluding carboxylic acids is 1. The highest BCUT2D eigenvalue weighted by molar-refractivity contribution is 8.00. The Hall–Kier alpha value is -1.00. The summed E-state index contributed by atoms with van der Waals surface area (Å²) in [6, 6.07) is 8.70. The van der Waals surface area contributed by atoms with E-state index in [4.69, 9.17) is 4.74 Å². The number of nitrogens with zero attached hydrogens (tertiary/aromatic N) is 1. The zero-order valence-corrected chi connectivity index (χ0v) is 13.4. The van der Waals surface area contributed by atoms with E-state index in [2.05, 4.69) is 29.2 Å². The SMILES string of the molecule is CCOC(=O)C1CCCN(CC2Cc3ccccc3S2)C1. The van der Waals surface area contributed by atoms with Gasteiger partial charge in [0.05, 0.1) is 12.5 Å². The van der Waals surface area contributed by atoms with Crippen molar-refractivity contribution < 1.29 is 9.53 Å². The fraction of sp³-hybridized carbons (Fsp3) is 0.588. The molecule has 1 fully saturated rings. The Balaban J connectivity index is 1.53. The first-order valence-electron chi connectivity index (χ1n) is 7.90. The number of piperidine rings is 1. The Bertz CT molecular complexity index is 480. The maximum absolute atomic E-state index is 11.9. The number of fused-ring (bicyclic) bond motifs is 1. The van der Waals surface area contributed by atoms with E-state index in [-0.39, 0.29) is 11.9 Å². The first kappa shape index (κ1) is 14.9. The molecular formula is C17H23NO2S. The summed E-state index contributed by atoms with van der Waals surface area (Å²) in [7, 11) is 0. The second-order valence-electron chi connectivity index (χ2n) is 5.90. The normalized spacial score (nSPS) is 25.6.